The molecule has 1 heterocycles. The van der Waals surface area contributed by atoms with Gasteiger partial charge in [-0.3, -0.25) is 4.79 Å². The minimum absolute atomic E-state index is 0. The zero-order chi connectivity index (χ0) is 16.9. The molecule has 0 aromatic heterocycles. The quantitative estimate of drug-likeness (QED) is 0.729. The number of hydrogen-bond donors (Lipinski definition) is 2. The molecule has 0 atom stereocenters. The van der Waals surface area contributed by atoms with E-state index in [0.29, 0.717) is 36.1 Å². The molecule has 0 radical (unpaired) electrons. The van der Waals surface area contributed by atoms with Gasteiger partial charge in [0.15, 0.2) is 0 Å². The van der Waals surface area contributed by atoms with Gasteiger partial charge in [-0.15, -0.1) is 12.4 Å². The summed E-state index contributed by atoms with van der Waals surface area (Å²) in [6.07, 6.45) is 1.10. The standard InChI is InChI=1S/C15H19BrF2N2O3.ClH/c16-11-1-2-12(23-14(17)18)10(7-11)8-20-13(21)15(9-19)3-5-22-6-4-15;/h1-2,7,14H,3-6,8-9,19H2,(H,20,21);1H. The Labute approximate surface area is 153 Å². The molecule has 5 nitrogen and oxygen atoms in total. The van der Waals surface area contributed by atoms with Gasteiger partial charge in [0.2, 0.25) is 5.91 Å². The van der Waals surface area contributed by atoms with Crippen LogP contribution < -0.4 is 15.8 Å². The molecule has 0 bridgehead atoms. The normalized spacial score (nSPS) is 16.4. The van der Waals surface area contributed by atoms with Crippen molar-refractivity contribution in [1.29, 1.82) is 0 Å². The molecule has 0 saturated carbocycles. The number of nitrogens with one attached hydrogen (secondary N) is 1. The predicted molar refractivity (Wildman–Crippen MR) is 91.4 cm³/mol. The Morgan fingerprint density at radius 3 is 2.67 bits per heavy atom. The smallest absolute Gasteiger partial charge is 0.387 e. The van der Waals surface area contributed by atoms with Gasteiger partial charge in [-0.1, -0.05) is 15.9 Å². The van der Waals surface area contributed by atoms with E-state index in [1.54, 1.807) is 12.1 Å². The molecular formula is C15H20BrClF2N2O3. The fourth-order valence-electron chi connectivity index (χ4n) is 2.55. The maximum absolute atomic E-state index is 12.5. The summed E-state index contributed by atoms with van der Waals surface area (Å²) in [5.74, 6) is -0.149. The molecule has 1 fully saturated rings. The molecule has 1 aliphatic rings. The van der Waals surface area contributed by atoms with Crippen molar-refractivity contribution < 1.29 is 23.0 Å². The van der Waals surface area contributed by atoms with Crippen LogP contribution in [0.15, 0.2) is 22.7 Å². The van der Waals surface area contributed by atoms with Crippen LogP contribution in [0.1, 0.15) is 18.4 Å². The molecule has 1 aromatic carbocycles. The maximum Gasteiger partial charge on any atom is 0.387 e. The average Bonchev–Trinajstić information content (AvgIpc) is 2.55. The molecular weight excluding hydrogens is 410 g/mol. The first-order chi connectivity index (χ1) is 11.0. The van der Waals surface area contributed by atoms with E-state index in [9.17, 15) is 13.6 Å². The van der Waals surface area contributed by atoms with E-state index < -0.39 is 12.0 Å². The molecule has 9 heteroatoms. The zero-order valence-electron chi connectivity index (χ0n) is 12.9. The Morgan fingerprint density at radius 2 is 2.08 bits per heavy atom. The van der Waals surface area contributed by atoms with E-state index in [4.69, 9.17) is 10.5 Å². The van der Waals surface area contributed by atoms with E-state index >= 15 is 0 Å². The number of amides is 1. The van der Waals surface area contributed by atoms with Gasteiger partial charge in [0.1, 0.15) is 5.75 Å². The Morgan fingerprint density at radius 1 is 1.42 bits per heavy atom. The van der Waals surface area contributed by atoms with Crippen molar-refractivity contribution >= 4 is 34.2 Å². The Hall–Kier alpha value is -0.960. The van der Waals surface area contributed by atoms with E-state index in [2.05, 4.69) is 26.0 Å². The van der Waals surface area contributed by atoms with Gasteiger partial charge in [-0.25, -0.2) is 0 Å². The molecule has 0 unspecified atom stereocenters. The van der Waals surface area contributed by atoms with E-state index in [0.717, 1.165) is 0 Å². The molecule has 0 spiro atoms. The Balaban J connectivity index is 0.00000288. The summed E-state index contributed by atoms with van der Waals surface area (Å²) in [4.78, 5) is 12.5. The minimum Gasteiger partial charge on any atom is -0.434 e. The molecule has 24 heavy (non-hydrogen) atoms. The second kappa shape index (κ2) is 9.50. The molecule has 2 rings (SSSR count). The van der Waals surface area contributed by atoms with Gasteiger partial charge in [0, 0.05) is 36.3 Å². The number of rotatable bonds is 6. The molecule has 3 N–H and O–H groups in total. The summed E-state index contributed by atoms with van der Waals surface area (Å²) < 4.78 is 35.4. The SMILES string of the molecule is Cl.NCC1(C(=O)NCc2cc(Br)ccc2OC(F)F)CCOCC1. The lowest BCUT2D eigenvalue weighted by atomic mass is 9.79. The Bertz CT molecular complexity index is 558. The maximum atomic E-state index is 12.5. The van der Waals surface area contributed by atoms with Crippen LogP contribution in [-0.2, 0) is 16.1 Å². The van der Waals surface area contributed by atoms with Gasteiger partial charge in [0.05, 0.1) is 5.41 Å². The van der Waals surface area contributed by atoms with Gasteiger partial charge < -0.3 is 20.5 Å². The number of halogens is 4. The van der Waals surface area contributed by atoms with Crippen LogP contribution in [0.4, 0.5) is 8.78 Å². The predicted octanol–water partition coefficient (Wildman–Crippen LogP) is 2.84. The second-order valence-corrected chi connectivity index (χ2v) is 6.33. The van der Waals surface area contributed by atoms with Crippen LogP contribution in [0.25, 0.3) is 0 Å². The third kappa shape index (κ3) is 5.27. The largest absolute Gasteiger partial charge is 0.434 e. The Kier molecular flexibility index (Phi) is 8.35. The highest BCUT2D eigenvalue weighted by atomic mass is 79.9. The van der Waals surface area contributed by atoms with E-state index in [1.807, 2.05) is 0 Å². The average molecular weight is 430 g/mol. The number of nitrogens with two attached hydrogens (primary N) is 1. The van der Waals surface area contributed by atoms with Crippen LogP contribution in [0.2, 0.25) is 0 Å². The lowest BCUT2D eigenvalue weighted by Crippen LogP contribution is -2.49. The third-order valence-corrected chi connectivity index (χ3v) is 4.49. The van der Waals surface area contributed by atoms with E-state index in [-0.39, 0.29) is 37.2 Å². The first-order valence-corrected chi connectivity index (χ1v) is 8.05. The lowest BCUT2D eigenvalue weighted by Gasteiger charge is -2.34. The third-order valence-electron chi connectivity index (χ3n) is 4.00. The fraction of sp³-hybridized carbons (Fsp3) is 0.533. The van der Waals surface area contributed by atoms with Crippen molar-refractivity contribution in [2.24, 2.45) is 11.1 Å². The molecule has 0 aliphatic carbocycles. The van der Waals surface area contributed by atoms with Crippen molar-refractivity contribution in [3.05, 3.63) is 28.2 Å². The first-order valence-electron chi connectivity index (χ1n) is 7.26. The van der Waals surface area contributed by atoms with Crippen molar-refractivity contribution in [3.8, 4) is 5.75 Å². The number of carbonyl (C=O) groups is 1. The zero-order valence-corrected chi connectivity index (χ0v) is 15.3. The fourth-order valence-corrected chi connectivity index (χ4v) is 2.95. The van der Waals surface area contributed by atoms with Crippen molar-refractivity contribution in [2.45, 2.75) is 26.0 Å². The number of hydrogen-bond acceptors (Lipinski definition) is 4. The molecule has 1 saturated heterocycles. The van der Waals surface area contributed by atoms with Crippen molar-refractivity contribution in [2.75, 3.05) is 19.8 Å². The summed E-state index contributed by atoms with van der Waals surface area (Å²) in [6, 6.07) is 4.67. The summed E-state index contributed by atoms with van der Waals surface area (Å²) in [7, 11) is 0. The number of carbonyl (C=O) groups excluding carboxylic acids is 1. The summed E-state index contributed by atoms with van der Waals surface area (Å²) in [5, 5.41) is 2.78. The highest BCUT2D eigenvalue weighted by molar-refractivity contribution is 9.10. The van der Waals surface area contributed by atoms with Crippen molar-refractivity contribution in [1.82, 2.24) is 5.32 Å². The van der Waals surface area contributed by atoms with Crippen LogP contribution >= 0.6 is 28.3 Å². The number of benzene rings is 1. The van der Waals surface area contributed by atoms with Crippen LogP contribution in [-0.4, -0.2) is 32.3 Å². The summed E-state index contributed by atoms with van der Waals surface area (Å²) >= 11 is 3.28. The van der Waals surface area contributed by atoms with Gasteiger partial charge in [0.25, 0.3) is 0 Å². The summed E-state index contributed by atoms with van der Waals surface area (Å²) in [6.45, 7) is -1.64. The molecule has 136 valence electrons. The highest BCUT2D eigenvalue weighted by Gasteiger charge is 2.38. The van der Waals surface area contributed by atoms with Crippen molar-refractivity contribution in [3.63, 3.8) is 0 Å². The molecule has 1 amide bonds. The monoisotopic (exact) mass is 428 g/mol. The van der Waals surface area contributed by atoms with E-state index in [1.165, 1.54) is 6.07 Å². The topological polar surface area (TPSA) is 73.6 Å². The highest BCUT2D eigenvalue weighted by Crippen LogP contribution is 2.30. The minimum atomic E-state index is -2.92. The van der Waals surface area contributed by atoms with Gasteiger partial charge in [-0.2, -0.15) is 8.78 Å². The number of alkyl halides is 2. The van der Waals surface area contributed by atoms with Crippen LogP contribution in [0.5, 0.6) is 5.75 Å². The summed E-state index contributed by atoms with van der Waals surface area (Å²) in [5.41, 5.74) is 5.59. The second-order valence-electron chi connectivity index (χ2n) is 5.41. The number of ether oxygens (including phenoxy) is 2. The van der Waals surface area contributed by atoms with Gasteiger partial charge in [-0.05, 0) is 31.0 Å². The van der Waals surface area contributed by atoms with Gasteiger partial charge >= 0.3 is 6.61 Å². The molecule has 1 aliphatic heterocycles. The van der Waals surface area contributed by atoms with Crippen LogP contribution in [0.3, 0.4) is 0 Å². The molecule has 1 aromatic rings. The van der Waals surface area contributed by atoms with Crippen LogP contribution in [0, 0.1) is 5.41 Å². The first kappa shape index (κ1) is 21.1. The lowest BCUT2D eigenvalue weighted by molar-refractivity contribution is -0.136.